The smallest absolute Gasteiger partial charge is 0.265 e. The topological polar surface area (TPSA) is 67.7 Å². The molecule has 0 fully saturated rings. The van der Waals surface area contributed by atoms with E-state index >= 15 is 0 Å². The number of para-hydroxylation sites is 2. The Labute approximate surface area is 175 Å². The molecule has 0 saturated heterocycles. The second kappa shape index (κ2) is 7.67. The highest BCUT2D eigenvalue weighted by molar-refractivity contribution is 6.08. The van der Waals surface area contributed by atoms with Gasteiger partial charge in [-0.05, 0) is 56.3 Å². The minimum absolute atomic E-state index is 0.159. The number of nitrogens with zero attached hydrogens (tertiary/aromatic N) is 4. The first-order valence-corrected chi connectivity index (χ1v) is 9.77. The molecule has 7 nitrogen and oxygen atoms in total. The molecule has 2 aromatic carbocycles. The summed E-state index contributed by atoms with van der Waals surface area (Å²) in [6, 6.07) is 16.6. The standard InChI is InChI=1S/C23H24N4O3/c1-15-13-16(2)27(24-15)18-11-9-17(10-12-18)22(28)26-14-21(23(29)25(3)4)30-20-8-6-5-7-19(20)26/h5-13,21H,14H2,1-4H3. The predicted octanol–water partition coefficient (Wildman–Crippen LogP) is 2.99. The summed E-state index contributed by atoms with van der Waals surface area (Å²) in [5, 5.41) is 4.48. The normalized spacial score (nSPS) is 15.3. The number of aryl methyl sites for hydroxylation is 2. The summed E-state index contributed by atoms with van der Waals surface area (Å²) < 4.78 is 7.71. The first kappa shape index (κ1) is 19.7. The van der Waals surface area contributed by atoms with Gasteiger partial charge in [0.1, 0.15) is 5.75 Å². The Morgan fingerprint density at radius 1 is 1.07 bits per heavy atom. The molecule has 1 aromatic heterocycles. The van der Waals surface area contributed by atoms with Crippen molar-refractivity contribution in [2.45, 2.75) is 20.0 Å². The molecule has 154 valence electrons. The zero-order chi connectivity index (χ0) is 21.4. The summed E-state index contributed by atoms with van der Waals surface area (Å²) in [5.41, 5.74) is 4.05. The van der Waals surface area contributed by atoms with E-state index < -0.39 is 6.10 Å². The zero-order valence-corrected chi connectivity index (χ0v) is 17.5. The van der Waals surface area contributed by atoms with E-state index in [4.69, 9.17) is 4.74 Å². The highest BCUT2D eigenvalue weighted by Gasteiger charge is 2.34. The molecular formula is C23H24N4O3. The third-order valence-electron chi connectivity index (χ3n) is 5.10. The Morgan fingerprint density at radius 2 is 1.77 bits per heavy atom. The van der Waals surface area contributed by atoms with Gasteiger partial charge in [-0.3, -0.25) is 9.59 Å². The van der Waals surface area contributed by atoms with Crippen LogP contribution < -0.4 is 9.64 Å². The molecule has 0 saturated carbocycles. The number of carbonyl (C=O) groups excluding carboxylic acids is 2. The van der Waals surface area contributed by atoms with Gasteiger partial charge in [0.25, 0.3) is 11.8 Å². The molecule has 3 aromatic rings. The molecule has 2 heterocycles. The van der Waals surface area contributed by atoms with Gasteiger partial charge < -0.3 is 14.5 Å². The van der Waals surface area contributed by atoms with Gasteiger partial charge >= 0.3 is 0 Å². The highest BCUT2D eigenvalue weighted by atomic mass is 16.5. The average Bonchev–Trinajstić information content (AvgIpc) is 3.09. The first-order chi connectivity index (χ1) is 14.3. The van der Waals surface area contributed by atoms with Gasteiger partial charge in [0.05, 0.1) is 23.6 Å². The molecule has 0 N–H and O–H groups in total. The second-order valence-corrected chi connectivity index (χ2v) is 7.61. The lowest BCUT2D eigenvalue weighted by atomic mass is 10.1. The minimum atomic E-state index is -0.743. The van der Waals surface area contributed by atoms with Crippen molar-refractivity contribution in [3.05, 3.63) is 71.5 Å². The lowest BCUT2D eigenvalue weighted by Crippen LogP contribution is -2.50. The largest absolute Gasteiger partial charge is 0.476 e. The van der Waals surface area contributed by atoms with Crippen LogP contribution in [-0.2, 0) is 4.79 Å². The number of benzene rings is 2. The third kappa shape index (κ3) is 3.54. The van der Waals surface area contributed by atoms with Gasteiger partial charge in [-0.1, -0.05) is 12.1 Å². The molecule has 0 bridgehead atoms. The van der Waals surface area contributed by atoms with Crippen LogP contribution in [0, 0.1) is 13.8 Å². The number of carbonyl (C=O) groups is 2. The van der Waals surface area contributed by atoms with Crippen LogP contribution in [0.15, 0.2) is 54.6 Å². The van der Waals surface area contributed by atoms with Gasteiger partial charge in [-0.2, -0.15) is 5.10 Å². The number of amides is 2. The van der Waals surface area contributed by atoms with Gasteiger partial charge in [0.2, 0.25) is 0 Å². The fourth-order valence-corrected chi connectivity index (χ4v) is 3.63. The van der Waals surface area contributed by atoms with Crippen LogP contribution in [-0.4, -0.2) is 53.2 Å². The number of likely N-dealkylation sites (N-methyl/N-ethyl adjacent to an activating group) is 1. The van der Waals surface area contributed by atoms with Crippen LogP contribution in [0.2, 0.25) is 0 Å². The first-order valence-electron chi connectivity index (χ1n) is 9.77. The van der Waals surface area contributed by atoms with Crippen molar-refractivity contribution in [1.82, 2.24) is 14.7 Å². The Hall–Kier alpha value is -3.61. The SMILES string of the molecule is Cc1cc(C)n(-c2ccc(C(=O)N3CC(C(=O)N(C)C)Oc4ccccc43)cc2)n1. The van der Waals surface area contributed by atoms with Crippen molar-refractivity contribution in [1.29, 1.82) is 0 Å². The number of anilines is 1. The molecule has 4 rings (SSSR count). The zero-order valence-electron chi connectivity index (χ0n) is 17.5. The van der Waals surface area contributed by atoms with E-state index in [0.717, 1.165) is 17.1 Å². The maximum atomic E-state index is 13.3. The Kier molecular flexibility index (Phi) is 5.03. The van der Waals surface area contributed by atoms with Crippen molar-refractivity contribution >= 4 is 17.5 Å². The summed E-state index contributed by atoms with van der Waals surface area (Å²) >= 11 is 0. The number of fused-ring (bicyclic) bond motifs is 1. The summed E-state index contributed by atoms with van der Waals surface area (Å²) in [4.78, 5) is 28.9. The highest BCUT2D eigenvalue weighted by Crippen LogP contribution is 2.34. The Balaban J connectivity index is 1.64. The van der Waals surface area contributed by atoms with Crippen molar-refractivity contribution in [3.63, 3.8) is 0 Å². The van der Waals surface area contributed by atoms with E-state index in [1.807, 2.05) is 54.9 Å². The molecule has 1 atom stereocenters. The van der Waals surface area contributed by atoms with Crippen molar-refractivity contribution in [2.75, 3.05) is 25.5 Å². The fourth-order valence-electron chi connectivity index (χ4n) is 3.63. The van der Waals surface area contributed by atoms with Gasteiger partial charge in [-0.25, -0.2) is 4.68 Å². The third-order valence-corrected chi connectivity index (χ3v) is 5.10. The van der Waals surface area contributed by atoms with E-state index in [9.17, 15) is 9.59 Å². The monoisotopic (exact) mass is 404 g/mol. The van der Waals surface area contributed by atoms with E-state index in [1.54, 1.807) is 37.2 Å². The molecule has 30 heavy (non-hydrogen) atoms. The lowest BCUT2D eigenvalue weighted by molar-refractivity contribution is -0.135. The van der Waals surface area contributed by atoms with E-state index in [2.05, 4.69) is 5.10 Å². The maximum Gasteiger partial charge on any atom is 0.265 e. The van der Waals surface area contributed by atoms with Crippen LogP contribution in [0.25, 0.3) is 5.69 Å². The van der Waals surface area contributed by atoms with Crippen LogP contribution in [0.5, 0.6) is 5.75 Å². The molecule has 0 aliphatic carbocycles. The lowest BCUT2D eigenvalue weighted by Gasteiger charge is -2.35. The predicted molar refractivity (Wildman–Crippen MR) is 114 cm³/mol. The number of aromatic nitrogens is 2. The minimum Gasteiger partial charge on any atom is -0.476 e. The van der Waals surface area contributed by atoms with Crippen LogP contribution in [0.3, 0.4) is 0 Å². The fraction of sp³-hybridized carbons (Fsp3) is 0.261. The number of hydrogen-bond donors (Lipinski definition) is 0. The van der Waals surface area contributed by atoms with Gasteiger partial charge in [0.15, 0.2) is 6.10 Å². The molecule has 1 aliphatic rings. The van der Waals surface area contributed by atoms with Crippen molar-refractivity contribution in [3.8, 4) is 11.4 Å². The van der Waals surface area contributed by atoms with Gasteiger partial charge in [0, 0.05) is 25.4 Å². The van der Waals surface area contributed by atoms with E-state index in [-0.39, 0.29) is 18.4 Å². The number of ether oxygens (including phenoxy) is 1. The summed E-state index contributed by atoms with van der Waals surface area (Å²) in [5.74, 6) is 0.168. The van der Waals surface area contributed by atoms with E-state index in [1.165, 1.54) is 4.90 Å². The molecular weight excluding hydrogens is 380 g/mol. The van der Waals surface area contributed by atoms with Crippen LogP contribution in [0.1, 0.15) is 21.7 Å². The number of rotatable bonds is 3. The molecule has 7 heteroatoms. The number of hydrogen-bond acceptors (Lipinski definition) is 4. The van der Waals surface area contributed by atoms with Gasteiger partial charge in [-0.15, -0.1) is 0 Å². The van der Waals surface area contributed by atoms with Crippen LogP contribution >= 0.6 is 0 Å². The molecule has 0 radical (unpaired) electrons. The molecule has 1 aliphatic heterocycles. The van der Waals surface area contributed by atoms with Crippen molar-refractivity contribution in [2.24, 2.45) is 0 Å². The van der Waals surface area contributed by atoms with Crippen molar-refractivity contribution < 1.29 is 14.3 Å². The maximum absolute atomic E-state index is 13.3. The molecule has 0 spiro atoms. The average molecular weight is 404 g/mol. The van der Waals surface area contributed by atoms with Crippen LogP contribution in [0.4, 0.5) is 5.69 Å². The molecule has 1 unspecified atom stereocenters. The summed E-state index contributed by atoms with van der Waals surface area (Å²) in [7, 11) is 3.35. The Bertz CT molecular complexity index is 1100. The summed E-state index contributed by atoms with van der Waals surface area (Å²) in [6.45, 7) is 4.10. The second-order valence-electron chi connectivity index (χ2n) is 7.61. The molecule has 2 amide bonds. The Morgan fingerprint density at radius 3 is 2.40 bits per heavy atom. The summed E-state index contributed by atoms with van der Waals surface area (Å²) in [6.07, 6.45) is -0.743. The van der Waals surface area contributed by atoms with E-state index in [0.29, 0.717) is 17.0 Å². The quantitative estimate of drug-likeness (QED) is 0.673.